The Hall–Kier alpha value is -0.0100. The highest BCUT2D eigenvalue weighted by molar-refractivity contribution is 7.74. The Morgan fingerprint density at radius 2 is 1.89 bits per heavy atom. The molecule has 1 unspecified atom stereocenters. The smallest absolute Gasteiger partial charge is 0.302 e. The van der Waals surface area contributed by atoms with E-state index in [1.54, 1.807) is 0 Å². The Morgan fingerprint density at radius 1 is 1.44 bits per heavy atom. The van der Waals surface area contributed by atoms with E-state index >= 15 is 0 Å². The van der Waals surface area contributed by atoms with Gasteiger partial charge in [0.2, 0.25) is 0 Å². The van der Waals surface area contributed by atoms with Gasteiger partial charge in [0.25, 0.3) is 0 Å². The second-order valence-electron chi connectivity index (χ2n) is 1.30. The molecular formula is C3H8O5S. The monoisotopic (exact) mass is 156 g/mol. The average Bonchev–Trinajstić information content (AvgIpc) is 1.82. The molecule has 0 bridgehead atoms. The molecule has 0 aliphatic carbocycles. The summed E-state index contributed by atoms with van der Waals surface area (Å²) >= 11 is -2.42. The maximum atomic E-state index is 9.79. The van der Waals surface area contributed by atoms with Crippen LogP contribution in [0.1, 0.15) is 0 Å². The number of hydrogen-bond acceptors (Lipinski definition) is 4. The molecule has 0 aliphatic heterocycles. The summed E-state index contributed by atoms with van der Waals surface area (Å²) in [5, 5.41) is 16.5. The van der Waals surface area contributed by atoms with Gasteiger partial charge in [-0.2, -0.15) is 4.21 Å². The van der Waals surface area contributed by atoms with Crippen molar-refractivity contribution in [3.05, 3.63) is 0 Å². The number of rotatable bonds is 4. The summed E-state index contributed by atoms with van der Waals surface area (Å²) in [6.45, 7) is -0.939. The molecular weight excluding hydrogens is 148 g/mol. The van der Waals surface area contributed by atoms with Crippen LogP contribution >= 0.6 is 0 Å². The third-order valence-corrected chi connectivity index (χ3v) is 1.06. The molecule has 56 valence electrons. The molecule has 9 heavy (non-hydrogen) atoms. The molecule has 0 aromatic heterocycles. The van der Waals surface area contributed by atoms with Crippen LogP contribution in [0.15, 0.2) is 0 Å². The third kappa shape index (κ3) is 4.49. The van der Waals surface area contributed by atoms with E-state index in [1.807, 2.05) is 0 Å². The molecule has 5 nitrogen and oxygen atoms in total. The minimum absolute atomic E-state index is 0.469. The zero-order valence-electron chi connectivity index (χ0n) is 4.56. The Bertz CT molecular complexity index is 90.2. The van der Waals surface area contributed by atoms with Crippen LogP contribution in [0.25, 0.3) is 0 Å². The first-order valence-electron chi connectivity index (χ1n) is 2.20. The average molecular weight is 156 g/mol. The highest BCUT2D eigenvalue weighted by Gasteiger charge is 2.08. The predicted octanol–water partition coefficient (Wildman–Crippen LogP) is -1.51. The van der Waals surface area contributed by atoms with Gasteiger partial charge in [0.15, 0.2) is 0 Å². The Labute approximate surface area is 54.8 Å². The van der Waals surface area contributed by atoms with Crippen molar-refractivity contribution >= 4 is 11.4 Å². The van der Waals surface area contributed by atoms with Crippen molar-refractivity contribution in [3.63, 3.8) is 0 Å². The van der Waals surface area contributed by atoms with Crippen LogP contribution in [0.3, 0.4) is 0 Å². The largest absolute Gasteiger partial charge is 0.394 e. The maximum Gasteiger partial charge on any atom is 0.302 e. The first kappa shape index (κ1) is 8.99. The zero-order valence-corrected chi connectivity index (χ0v) is 5.37. The fourth-order valence-electron chi connectivity index (χ4n) is 0.235. The molecule has 0 aliphatic rings. The van der Waals surface area contributed by atoms with Crippen LogP contribution in [0.5, 0.6) is 0 Å². The van der Waals surface area contributed by atoms with E-state index in [0.717, 1.165) is 0 Å². The Morgan fingerprint density at radius 3 is 2.00 bits per heavy atom. The highest BCUT2D eigenvalue weighted by atomic mass is 32.2. The SMILES string of the molecule is O=S(O)OC(CO)CO. The van der Waals surface area contributed by atoms with Crippen LogP contribution in [-0.2, 0) is 15.5 Å². The molecule has 0 amide bonds. The lowest BCUT2D eigenvalue weighted by molar-refractivity contribution is 0.0660. The molecule has 0 radical (unpaired) electrons. The Kier molecular flexibility index (Phi) is 4.83. The summed E-state index contributed by atoms with van der Waals surface area (Å²) in [6, 6.07) is 0. The van der Waals surface area contributed by atoms with E-state index in [1.165, 1.54) is 0 Å². The van der Waals surface area contributed by atoms with Crippen molar-refractivity contribution in [1.82, 2.24) is 0 Å². The fourth-order valence-corrected chi connectivity index (χ4v) is 0.590. The standard InChI is InChI=1S/C3H8O5S/c4-1-3(2-5)8-9(6)7/h3-5H,1-2H2,(H,6,7). The van der Waals surface area contributed by atoms with E-state index in [-0.39, 0.29) is 0 Å². The molecule has 0 fully saturated rings. The molecule has 0 spiro atoms. The quantitative estimate of drug-likeness (QED) is 0.431. The lowest BCUT2D eigenvalue weighted by atomic mass is 10.4. The highest BCUT2D eigenvalue weighted by Crippen LogP contribution is 1.90. The summed E-state index contributed by atoms with van der Waals surface area (Å²) in [5.41, 5.74) is 0. The van der Waals surface area contributed by atoms with Crippen LogP contribution in [-0.4, -0.2) is 38.3 Å². The molecule has 0 heterocycles. The lowest BCUT2D eigenvalue weighted by Gasteiger charge is -2.06. The number of aliphatic hydroxyl groups excluding tert-OH is 2. The predicted molar refractivity (Wildman–Crippen MR) is 29.8 cm³/mol. The summed E-state index contributed by atoms with van der Waals surface area (Å²) in [7, 11) is 0. The summed E-state index contributed by atoms with van der Waals surface area (Å²) in [4.78, 5) is 0. The topological polar surface area (TPSA) is 87.0 Å². The van der Waals surface area contributed by atoms with Crippen molar-refractivity contribution in [2.45, 2.75) is 6.10 Å². The first-order valence-corrected chi connectivity index (χ1v) is 3.23. The number of hydrogen-bond donors (Lipinski definition) is 3. The zero-order chi connectivity index (χ0) is 7.28. The van der Waals surface area contributed by atoms with Gasteiger partial charge in [-0.15, -0.1) is 0 Å². The van der Waals surface area contributed by atoms with Crippen molar-refractivity contribution in [2.24, 2.45) is 0 Å². The van der Waals surface area contributed by atoms with Crippen LogP contribution in [0.4, 0.5) is 0 Å². The van der Waals surface area contributed by atoms with E-state index in [4.69, 9.17) is 14.8 Å². The molecule has 1 atom stereocenters. The van der Waals surface area contributed by atoms with Gasteiger partial charge in [-0.25, -0.2) is 0 Å². The fraction of sp³-hybridized carbons (Fsp3) is 1.00. The van der Waals surface area contributed by atoms with Crippen LogP contribution in [0, 0.1) is 0 Å². The van der Waals surface area contributed by atoms with Crippen LogP contribution < -0.4 is 0 Å². The minimum Gasteiger partial charge on any atom is -0.394 e. The molecule has 3 N–H and O–H groups in total. The van der Waals surface area contributed by atoms with E-state index in [0.29, 0.717) is 0 Å². The van der Waals surface area contributed by atoms with E-state index in [9.17, 15) is 4.21 Å². The van der Waals surface area contributed by atoms with Crippen molar-refractivity contribution in [1.29, 1.82) is 0 Å². The molecule has 0 aromatic carbocycles. The Balaban J connectivity index is 3.43. The van der Waals surface area contributed by atoms with E-state index < -0.39 is 30.7 Å². The maximum absolute atomic E-state index is 9.79. The van der Waals surface area contributed by atoms with Gasteiger partial charge in [-0.3, -0.25) is 8.74 Å². The van der Waals surface area contributed by atoms with Gasteiger partial charge in [-0.05, 0) is 0 Å². The summed E-state index contributed by atoms with van der Waals surface area (Å²) in [5.74, 6) is 0. The van der Waals surface area contributed by atoms with Gasteiger partial charge in [0, 0.05) is 0 Å². The minimum atomic E-state index is -2.42. The number of aliphatic hydroxyl groups is 2. The molecule has 0 saturated heterocycles. The first-order chi connectivity index (χ1) is 4.20. The molecule has 0 saturated carbocycles. The van der Waals surface area contributed by atoms with Crippen LogP contribution in [0.2, 0.25) is 0 Å². The van der Waals surface area contributed by atoms with Gasteiger partial charge in [-0.1, -0.05) is 0 Å². The van der Waals surface area contributed by atoms with Gasteiger partial charge >= 0.3 is 11.4 Å². The molecule has 0 aromatic rings. The van der Waals surface area contributed by atoms with E-state index in [2.05, 4.69) is 4.18 Å². The third-order valence-electron chi connectivity index (χ3n) is 0.626. The second-order valence-corrected chi connectivity index (χ2v) is 1.93. The van der Waals surface area contributed by atoms with Gasteiger partial charge in [0.05, 0.1) is 13.2 Å². The summed E-state index contributed by atoms with van der Waals surface area (Å²) < 4.78 is 21.9. The lowest BCUT2D eigenvalue weighted by Crippen LogP contribution is -2.22. The van der Waals surface area contributed by atoms with Crippen molar-refractivity contribution in [3.8, 4) is 0 Å². The van der Waals surface area contributed by atoms with Gasteiger partial charge < -0.3 is 10.2 Å². The second kappa shape index (κ2) is 4.83. The van der Waals surface area contributed by atoms with Crippen molar-refractivity contribution < 1.29 is 23.2 Å². The van der Waals surface area contributed by atoms with Gasteiger partial charge in [0.1, 0.15) is 6.10 Å². The summed E-state index contributed by atoms with van der Waals surface area (Å²) in [6.07, 6.45) is -0.962. The molecule has 6 heteroatoms. The normalized spacial score (nSPS) is 14.2. The molecule has 0 rings (SSSR count). The van der Waals surface area contributed by atoms with Crippen molar-refractivity contribution in [2.75, 3.05) is 13.2 Å².